The van der Waals surface area contributed by atoms with Gasteiger partial charge in [-0.25, -0.2) is 0 Å². The molecule has 4 heteroatoms. The molecule has 0 aliphatic carbocycles. The summed E-state index contributed by atoms with van der Waals surface area (Å²) in [5, 5.41) is 3.72. The summed E-state index contributed by atoms with van der Waals surface area (Å²) in [6, 6.07) is 15.1. The first-order valence-electron chi connectivity index (χ1n) is 6.91. The second kappa shape index (κ2) is 7.14. The molecule has 1 unspecified atom stereocenters. The second-order valence-electron chi connectivity index (χ2n) is 5.22. The minimum absolute atomic E-state index is 0.0150. The summed E-state index contributed by atoms with van der Waals surface area (Å²) in [5.74, 6) is 0.0150. The highest BCUT2D eigenvalue weighted by molar-refractivity contribution is 6.30. The Balaban J connectivity index is 1.84. The Morgan fingerprint density at radius 2 is 1.67 bits per heavy atom. The Morgan fingerprint density at radius 3 is 2.29 bits per heavy atom. The molecule has 0 aliphatic heterocycles. The average Bonchev–Trinajstić information content (AvgIpc) is 2.44. The van der Waals surface area contributed by atoms with Crippen LogP contribution in [0.2, 0.25) is 5.02 Å². The van der Waals surface area contributed by atoms with Crippen LogP contribution < -0.4 is 11.1 Å². The third kappa shape index (κ3) is 5.12. The van der Waals surface area contributed by atoms with Crippen LogP contribution in [0.3, 0.4) is 0 Å². The van der Waals surface area contributed by atoms with Gasteiger partial charge in [0.05, 0.1) is 6.42 Å². The molecule has 2 rings (SSSR count). The molecule has 0 bridgehead atoms. The van der Waals surface area contributed by atoms with Crippen molar-refractivity contribution in [3.63, 3.8) is 0 Å². The van der Waals surface area contributed by atoms with Crippen LogP contribution in [0.1, 0.15) is 18.1 Å². The van der Waals surface area contributed by atoms with Crippen molar-refractivity contribution in [2.45, 2.75) is 25.8 Å². The van der Waals surface area contributed by atoms with E-state index in [1.54, 1.807) is 12.1 Å². The van der Waals surface area contributed by atoms with E-state index in [1.807, 2.05) is 43.3 Å². The van der Waals surface area contributed by atoms with Crippen LogP contribution in [0.25, 0.3) is 0 Å². The molecule has 1 atom stereocenters. The molecule has 0 saturated carbocycles. The number of nitrogen functional groups attached to an aromatic ring is 1. The highest BCUT2D eigenvalue weighted by Crippen LogP contribution is 2.11. The van der Waals surface area contributed by atoms with Crippen molar-refractivity contribution in [1.29, 1.82) is 0 Å². The first-order chi connectivity index (χ1) is 10.0. The number of anilines is 1. The lowest BCUT2D eigenvalue weighted by Gasteiger charge is -2.14. The Bertz CT molecular complexity index is 593. The van der Waals surface area contributed by atoms with E-state index < -0.39 is 0 Å². The normalized spacial score (nSPS) is 11.9. The fraction of sp³-hybridized carbons (Fsp3) is 0.235. The predicted molar refractivity (Wildman–Crippen MR) is 87.3 cm³/mol. The van der Waals surface area contributed by atoms with Gasteiger partial charge in [0.15, 0.2) is 0 Å². The molecule has 0 aliphatic rings. The quantitative estimate of drug-likeness (QED) is 0.833. The number of hydrogen-bond acceptors (Lipinski definition) is 2. The molecule has 21 heavy (non-hydrogen) atoms. The van der Waals surface area contributed by atoms with Gasteiger partial charge in [0.25, 0.3) is 0 Å². The number of carbonyl (C=O) groups is 1. The molecule has 0 spiro atoms. The first-order valence-corrected chi connectivity index (χ1v) is 7.29. The fourth-order valence-electron chi connectivity index (χ4n) is 2.17. The zero-order valence-corrected chi connectivity index (χ0v) is 12.7. The average molecular weight is 303 g/mol. The summed E-state index contributed by atoms with van der Waals surface area (Å²) in [4.78, 5) is 12.0. The van der Waals surface area contributed by atoms with Crippen LogP contribution in [-0.2, 0) is 17.6 Å². The maximum absolute atomic E-state index is 12.0. The zero-order valence-electron chi connectivity index (χ0n) is 12.0. The number of rotatable bonds is 5. The van der Waals surface area contributed by atoms with Gasteiger partial charge >= 0.3 is 0 Å². The molecule has 0 aromatic heterocycles. The number of benzene rings is 2. The van der Waals surface area contributed by atoms with Crippen molar-refractivity contribution in [1.82, 2.24) is 5.32 Å². The Kier molecular flexibility index (Phi) is 5.23. The number of carbonyl (C=O) groups excluding carboxylic acids is 1. The third-order valence-electron chi connectivity index (χ3n) is 3.21. The molecule has 1 amide bonds. The number of nitrogens with two attached hydrogens (primary N) is 1. The molecule has 2 aromatic rings. The van der Waals surface area contributed by atoms with Gasteiger partial charge in [0.1, 0.15) is 0 Å². The van der Waals surface area contributed by atoms with Gasteiger partial charge in [0.2, 0.25) is 5.91 Å². The summed E-state index contributed by atoms with van der Waals surface area (Å²) in [6.45, 7) is 2.00. The molecule has 0 heterocycles. The molecule has 2 aromatic carbocycles. The van der Waals surface area contributed by atoms with Crippen LogP contribution in [0, 0.1) is 0 Å². The largest absolute Gasteiger partial charge is 0.399 e. The van der Waals surface area contributed by atoms with Gasteiger partial charge in [-0.2, -0.15) is 0 Å². The summed E-state index contributed by atoms with van der Waals surface area (Å²) in [6.07, 6.45) is 1.15. The minimum atomic E-state index is 0.0150. The molecule has 110 valence electrons. The third-order valence-corrected chi connectivity index (χ3v) is 3.46. The molecule has 0 fully saturated rings. The van der Waals surface area contributed by atoms with Crippen LogP contribution >= 0.6 is 11.6 Å². The van der Waals surface area contributed by atoms with E-state index in [0.29, 0.717) is 12.1 Å². The number of nitrogens with one attached hydrogen (secondary N) is 1. The fourth-order valence-corrected chi connectivity index (χ4v) is 2.30. The smallest absolute Gasteiger partial charge is 0.224 e. The topological polar surface area (TPSA) is 55.1 Å². The highest BCUT2D eigenvalue weighted by atomic mass is 35.5. The summed E-state index contributed by atoms with van der Waals surface area (Å²) in [5.41, 5.74) is 8.44. The van der Waals surface area contributed by atoms with Crippen molar-refractivity contribution >= 4 is 23.2 Å². The lowest BCUT2D eigenvalue weighted by molar-refractivity contribution is -0.121. The van der Waals surface area contributed by atoms with Gasteiger partial charge in [-0.1, -0.05) is 35.9 Å². The van der Waals surface area contributed by atoms with E-state index in [0.717, 1.165) is 22.6 Å². The van der Waals surface area contributed by atoms with Crippen molar-refractivity contribution in [3.05, 3.63) is 64.7 Å². The van der Waals surface area contributed by atoms with E-state index in [4.69, 9.17) is 17.3 Å². The van der Waals surface area contributed by atoms with E-state index in [-0.39, 0.29) is 11.9 Å². The standard InChI is InChI=1S/C17H19ClN2O/c1-12(10-13-2-6-15(18)7-3-13)20-17(21)11-14-4-8-16(19)9-5-14/h2-9,12H,10-11,19H2,1H3,(H,20,21). The molecule has 0 radical (unpaired) electrons. The van der Waals surface area contributed by atoms with Gasteiger partial charge < -0.3 is 11.1 Å². The van der Waals surface area contributed by atoms with Gasteiger partial charge in [-0.3, -0.25) is 4.79 Å². The van der Waals surface area contributed by atoms with E-state index >= 15 is 0 Å². The molecule has 3 N–H and O–H groups in total. The van der Waals surface area contributed by atoms with Crippen LogP contribution in [0.15, 0.2) is 48.5 Å². The van der Waals surface area contributed by atoms with Gasteiger partial charge in [-0.15, -0.1) is 0 Å². The van der Waals surface area contributed by atoms with Crippen molar-refractivity contribution in [2.24, 2.45) is 0 Å². The summed E-state index contributed by atoms with van der Waals surface area (Å²) >= 11 is 5.86. The molecular weight excluding hydrogens is 284 g/mol. The van der Waals surface area contributed by atoms with Gasteiger partial charge in [-0.05, 0) is 48.7 Å². The summed E-state index contributed by atoms with van der Waals surface area (Å²) in [7, 11) is 0. The highest BCUT2D eigenvalue weighted by Gasteiger charge is 2.09. The molecule has 0 saturated heterocycles. The number of halogens is 1. The van der Waals surface area contributed by atoms with Crippen molar-refractivity contribution < 1.29 is 4.79 Å². The lowest BCUT2D eigenvalue weighted by atomic mass is 10.1. The van der Waals surface area contributed by atoms with Crippen LogP contribution in [-0.4, -0.2) is 11.9 Å². The zero-order chi connectivity index (χ0) is 15.2. The van der Waals surface area contributed by atoms with Crippen LogP contribution in [0.5, 0.6) is 0 Å². The monoisotopic (exact) mass is 302 g/mol. The van der Waals surface area contributed by atoms with Crippen LogP contribution in [0.4, 0.5) is 5.69 Å². The Hall–Kier alpha value is -2.00. The Morgan fingerprint density at radius 1 is 1.10 bits per heavy atom. The second-order valence-corrected chi connectivity index (χ2v) is 5.65. The first kappa shape index (κ1) is 15.4. The van der Waals surface area contributed by atoms with E-state index in [2.05, 4.69) is 5.32 Å². The maximum atomic E-state index is 12.0. The SMILES string of the molecule is CC(Cc1ccc(Cl)cc1)NC(=O)Cc1ccc(N)cc1. The van der Waals surface area contributed by atoms with Gasteiger partial charge in [0, 0.05) is 16.8 Å². The predicted octanol–water partition coefficient (Wildman–Crippen LogP) is 3.21. The van der Waals surface area contributed by atoms with E-state index in [1.165, 1.54) is 0 Å². The Labute approximate surface area is 130 Å². The number of amides is 1. The van der Waals surface area contributed by atoms with Crippen molar-refractivity contribution in [3.8, 4) is 0 Å². The van der Waals surface area contributed by atoms with E-state index in [9.17, 15) is 4.79 Å². The maximum Gasteiger partial charge on any atom is 0.224 e. The van der Waals surface area contributed by atoms with Crippen molar-refractivity contribution in [2.75, 3.05) is 5.73 Å². The summed E-state index contributed by atoms with van der Waals surface area (Å²) < 4.78 is 0. The molecular formula is C17H19ClN2O. The lowest BCUT2D eigenvalue weighted by Crippen LogP contribution is -2.35. The molecule has 3 nitrogen and oxygen atoms in total. The number of hydrogen-bond donors (Lipinski definition) is 2. The minimum Gasteiger partial charge on any atom is -0.399 e.